The van der Waals surface area contributed by atoms with Crippen molar-refractivity contribution in [1.82, 2.24) is 4.98 Å². The maximum absolute atomic E-state index is 6.06. The summed E-state index contributed by atoms with van der Waals surface area (Å²) in [5.41, 5.74) is 2.10. The van der Waals surface area contributed by atoms with Gasteiger partial charge in [0.15, 0.2) is 0 Å². The predicted molar refractivity (Wildman–Crippen MR) is 61.0 cm³/mol. The van der Waals surface area contributed by atoms with Crippen LogP contribution in [0, 0.1) is 6.92 Å². The highest BCUT2D eigenvalue weighted by Crippen LogP contribution is 2.25. The smallest absolute Gasteiger partial charge is 0.126 e. The molecule has 3 heteroatoms. The Morgan fingerprint density at radius 2 is 2.00 bits per heavy atom. The second kappa shape index (κ2) is 3.46. The molecule has 2 nitrogen and oxygen atoms in total. The quantitative estimate of drug-likeness (QED) is 0.775. The van der Waals surface area contributed by atoms with Gasteiger partial charge in [-0.1, -0.05) is 17.7 Å². The molecule has 72 valence electrons. The van der Waals surface area contributed by atoms with Gasteiger partial charge in [0, 0.05) is 17.5 Å². The number of aromatic nitrogens is 1. The van der Waals surface area contributed by atoms with Gasteiger partial charge in [-0.3, -0.25) is 0 Å². The Bertz CT molecular complexity index is 480. The highest BCUT2D eigenvalue weighted by Gasteiger charge is 2.03. The van der Waals surface area contributed by atoms with E-state index in [9.17, 15) is 0 Å². The Balaban J connectivity index is 2.80. The molecule has 2 rings (SSSR count). The molecule has 1 aromatic heterocycles. The van der Waals surface area contributed by atoms with Crippen molar-refractivity contribution in [2.45, 2.75) is 6.92 Å². The van der Waals surface area contributed by atoms with Gasteiger partial charge in [0.25, 0.3) is 0 Å². The van der Waals surface area contributed by atoms with Gasteiger partial charge in [-0.05, 0) is 30.7 Å². The SMILES string of the molecule is CNc1ccc2c(Cl)ccc(C)c2n1. The third-order valence-electron chi connectivity index (χ3n) is 2.26. The van der Waals surface area contributed by atoms with Gasteiger partial charge >= 0.3 is 0 Å². The molecule has 1 N–H and O–H groups in total. The van der Waals surface area contributed by atoms with E-state index in [1.807, 2.05) is 38.2 Å². The summed E-state index contributed by atoms with van der Waals surface area (Å²) in [5, 5.41) is 4.77. The summed E-state index contributed by atoms with van der Waals surface area (Å²) < 4.78 is 0. The van der Waals surface area contributed by atoms with Crippen molar-refractivity contribution in [3.05, 3.63) is 34.9 Å². The normalized spacial score (nSPS) is 10.5. The van der Waals surface area contributed by atoms with Crippen LogP contribution in [0.15, 0.2) is 24.3 Å². The highest BCUT2D eigenvalue weighted by atomic mass is 35.5. The zero-order valence-corrected chi connectivity index (χ0v) is 8.89. The molecule has 0 unspecified atom stereocenters. The molecule has 0 aliphatic heterocycles. The average molecular weight is 207 g/mol. The lowest BCUT2D eigenvalue weighted by Gasteiger charge is -2.05. The van der Waals surface area contributed by atoms with Crippen molar-refractivity contribution >= 4 is 28.3 Å². The fraction of sp³-hybridized carbons (Fsp3) is 0.182. The molecule has 0 radical (unpaired) electrons. The van der Waals surface area contributed by atoms with E-state index in [1.54, 1.807) is 0 Å². The van der Waals surface area contributed by atoms with Crippen LogP contribution in [0.4, 0.5) is 5.82 Å². The average Bonchev–Trinajstić information content (AvgIpc) is 2.23. The van der Waals surface area contributed by atoms with Crippen molar-refractivity contribution in [2.75, 3.05) is 12.4 Å². The monoisotopic (exact) mass is 206 g/mol. The number of halogens is 1. The number of aryl methyl sites for hydroxylation is 1. The first kappa shape index (κ1) is 9.28. The minimum atomic E-state index is 0.751. The maximum Gasteiger partial charge on any atom is 0.126 e. The Hall–Kier alpha value is -1.28. The van der Waals surface area contributed by atoms with Gasteiger partial charge in [0.2, 0.25) is 0 Å². The summed E-state index contributed by atoms with van der Waals surface area (Å²) in [6, 6.07) is 7.80. The zero-order chi connectivity index (χ0) is 10.1. The highest BCUT2D eigenvalue weighted by molar-refractivity contribution is 6.35. The summed E-state index contributed by atoms with van der Waals surface area (Å²) in [6.45, 7) is 2.03. The molecule has 0 bridgehead atoms. The van der Waals surface area contributed by atoms with Gasteiger partial charge < -0.3 is 5.32 Å². The van der Waals surface area contributed by atoms with Crippen LogP contribution in [0.1, 0.15) is 5.56 Å². The maximum atomic E-state index is 6.06. The van der Waals surface area contributed by atoms with Gasteiger partial charge in [0.1, 0.15) is 5.82 Å². The van der Waals surface area contributed by atoms with Crippen molar-refractivity contribution in [1.29, 1.82) is 0 Å². The van der Waals surface area contributed by atoms with Crippen LogP contribution < -0.4 is 5.32 Å². The van der Waals surface area contributed by atoms with Crippen molar-refractivity contribution in [3.63, 3.8) is 0 Å². The number of anilines is 1. The van der Waals surface area contributed by atoms with E-state index in [2.05, 4.69) is 10.3 Å². The van der Waals surface area contributed by atoms with Crippen LogP contribution in [0.5, 0.6) is 0 Å². The summed E-state index contributed by atoms with van der Waals surface area (Å²) in [7, 11) is 1.86. The summed E-state index contributed by atoms with van der Waals surface area (Å²) in [5.74, 6) is 0.864. The van der Waals surface area contributed by atoms with Crippen LogP contribution in [-0.4, -0.2) is 12.0 Å². The fourth-order valence-electron chi connectivity index (χ4n) is 1.46. The number of hydrogen-bond donors (Lipinski definition) is 1. The lowest BCUT2D eigenvalue weighted by molar-refractivity contribution is 1.32. The van der Waals surface area contributed by atoms with E-state index in [-0.39, 0.29) is 0 Å². The second-order valence-electron chi connectivity index (χ2n) is 3.21. The van der Waals surface area contributed by atoms with Gasteiger partial charge in [-0.25, -0.2) is 4.98 Å². The van der Waals surface area contributed by atoms with Crippen molar-refractivity contribution < 1.29 is 0 Å². The number of fused-ring (bicyclic) bond motifs is 1. The molecule has 0 fully saturated rings. The lowest BCUT2D eigenvalue weighted by Crippen LogP contribution is -1.93. The Morgan fingerprint density at radius 1 is 1.21 bits per heavy atom. The topological polar surface area (TPSA) is 24.9 Å². The van der Waals surface area contributed by atoms with Crippen molar-refractivity contribution in [3.8, 4) is 0 Å². The molecular weight excluding hydrogens is 196 g/mol. The second-order valence-corrected chi connectivity index (χ2v) is 3.61. The summed E-state index contributed by atoms with van der Waals surface area (Å²) >= 11 is 6.06. The third-order valence-corrected chi connectivity index (χ3v) is 2.59. The van der Waals surface area contributed by atoms with Crippen LogP contribution in [-0.2, 0) is 0 Å². The van der Waals surface area contributed by atoms with Crippen LogP contribution >= 0.6 is 11.6 Å². The molecule has 0 spiro atoms. The number of rotatable bonds is 1. The molecule has 2 aromatic rings. The Morgan fingerprint density at radius 3 is 2.71 bits per heavy atom. The number of benzene rings is 1. The first-order valence-corrected chi connectivity index (χ1v) is 4.84. The molecule has 1 heterocycles. The number of pyridine rings is 1. The summed E-state index contributed by atoms with van der Waals surface area (Å²) in [4.78, 5) is 4.46. The van der Waals surface area contributed by atoms with Gasteiger partial charge in [-0.15, -0.1) is 0 Å². The molecule has 14 heavy (non-hydrogen) atoms. The van der Waals surface area contributed by atoms with E-state index >= 15 is 0 Å². The lowest BCUT2D eigenvalue weighted by atomic mass is 10.1. The van der Waals surface area contributed by atoms with Crippen LogP contribution in [0.25, 0.3) is 10.9 Å². The molecule has 0 saturated heterocycles. The molecule has 1 aromatic carbocycles. The van der Waals surface area contributed by atoms with E-state index in [4.69, 9.17) is 11.6 Å². The molecule has 0 aliphatic carbocycles. The molecular formula is C11H11ClN2. The minimum Gasteiger partial charge on any atom is -0.373 e. The molecule has 0 aliphatic rings. The van der Waals surface area contributed by atoms with Gasteiger partial charge in [-0.2, -0.15) is 0 Å². The fourth-order valence-corrected chi connectivity index (χ4v) is 1.67. The number of hydrogen-bond acceptors (Lipinski definition) is 2. The minimum absolute atomic E-state index is 0.751. The summed E-state index contributed by atoms with van der Waals surface area (Å²) in [6.07, 6.45) is 0. The first-order chi connectivity index (χ1) is 6.72. The molecule has 0 saturated carbocycles. The predicted octanol–water partition coefficient (Wildman–Crippen LogP) is 3.24. The van der Waals surface area contributed by atoms with Crippen LogP contribution in [0.2, 0.25) is 5.02 Å². The van der Waals surface area contributed by atoms with E-state index in [0.717, 1.165) is 27.3 Å². The Labute approximate surface area is 87.9 Å². The third kappa shape index (κ3) is 1.42. The standard InChI is InChI=1S/C11H11ClN2/c1-7-3-5-9(12)8-4-6-10(13-2)14-11(7)8/h3-6H,1-2H3,(H,13,14). The first-order valence-electron chi connectivity index (χ1n) is 4.46. The molecule has 0 amide bonds. The van der Waals surface area contributed by atoms with E-state index in [1.165, 1.54) is 0 Å². The van der Waals surface area contributed by atoms with E-state index in [0.29, 0.717) is 0 Å². The number of nitrogens with zero attached hydrogens (tertiary/aromatic N) is 1. The van der Waals surface area contributed by atoms with Crippen molar-refractivity contribution in [2.24, 2.45) is 0 Å². The van der Waals surface area contributed by atoms with Crippen LogP contribution in [0.3, 0.4) is 0 Å². The zero-order valence-electron chi connectivity index (χ0n) is 8.13. The number of nitrogens with one attached hydrogen (secondary N) is 1. The Kier molecular flexibility index (Phi) is 2.30. The van der Waals surface area contributed by atoms with Gasteiger partial charge in [0.05, 0.1) is 5.52 Å². The largest absolute Gasteiger partial charge is 0.373 e. The molecule has 0 atom stereocenters. The van der Waals surface area contributed by atoms with E-state index < -0.39 is 0 Å².